The fourth-order valence-electron chi connectivity index (χ4n) is 2.40. The van der Waals surface area contributed by atoms with Gasteiger partial charge in [0, 0.05) is 11.9 Å². The first kappa shape index (κ1) is 15.2. The maximum Gasteiger partial charge on any atom is 0.270 e. The standard InChI is InChI=1S/C14H16N2O4S2/c1-9-2-3-12(20-9)14-16-11(7-21-14)13(17)15-6-10-4-5-22(18,19)8-10/h2-3,7,10H,4-6,8H2,1H3,(H,15,17)/t10-/m0/s1. The van der Waals surface area contributed by atoms with Crippen LogP contribution in [0.1, 0.15) is 22.7 Å². The second kappa shape index (κ2) is 5.85. The smallest absolute Gasteiger partial charge is 0.270 e. The maximum atomic E-state index is 12.1. The molecule has 0 spiro atoms. The zero-order valence-electron chi connectivity index (χ0n) is 12.0. The number of carbonyl (C=O) groups excluding carboxylic acids is 1. The fourth-order valence-corrected chi connectivity index (χ4v) is 5.02. The van der Waals surface area contributed by atoms with Gasteiger partial charge in [0.05, 0.1) is 11.5 Å². The zero-order chi connectivity index (χ0) is 15.7. The lowest BCUT2D eigenvalue weighted by Gasteiger charge is -2.08. The summed E-state index contributed by atoms with van der Waals surface area (Å²) in [6.45, 7) is 2.21. The summed E-state index contributed by atoms with van der Waals surface area (Å²) in [5, 5.41) is 5.09. The van der Waals surface area contributed by atoms with Crippen molar-refractivity contribution in [2.45, 2.75) is 13.3 Å². The summed E-state index contributed by atoms with van der Waals surface area (Å²) in [4.78, 5) is 16.3. The Morgan fingerprint density at radius 1 is 1.50 bits per heavy atom. The first-order valence-electron chi connectivity index (χ1n) is 6.94. The monoisotopic (exact) mass is 340 g/mol. The Bertz CT molecular complexity index is 791. The van der Waals surface area contributed by atoms with E-state index < -0.39 is 9.84 Å². The molecule has 2 aromatic rings. The number of nitrogens with zero attached hydrogens (tertiary/aromatic N) is 1. The molecule has 1 fully saturated rings. The molecular formula is C14H16N2O4S2. The second-order valence-corrected chi connectivity index (χ2v) is 8.51. The van der Waals surface area contributed by atoms with Gasteiger partial charge in [0.2, 0.25) is 0 Å². The normalized spacial score (nSPS) is 20.1. The van der Waals surface area contributed by atoms with E-state index in [1.54, 1.807) is 5.38 Å². The molecule has 0 aliphatic carbocycles. The third kappa shape index (κ3) is 3.38. The highest BCUT2D eigenvalue weighted by Gasteiger charge is 2.28. The molecule has 8 heteroatoms. The molecule has 0 aromatic carbocycles. The zero-order valence-corrected chi connectivity index (χ0v) is 13.7. The van der Waals surface area contributed by atoms with Crippen molar-refractivity contribution in [1.82, 2.24) is 10.3 Å². The van der Waals surface area contributed by atoms with Crippen LogP contribution in [0.15, 0.2) is 21.9 Å². The number of aromatic nitrogens is 1. The van der Waals surface area contributed by atoms with Crippen molar-refractivity contribution >= 4 is 27.1 Å². The molecule has 0 bridgehead atoms. The number of carbonyl (C=O) groups is 1. The summed E-state index contributed by atoms with van der Waals surface area (Å²) in [6, 6.07) is 3.66. The summed E-state index contributed by atoms with van der Waals surface area (Å²) >= 11 is 1.34. The highest BCUT2D eigenvalue weighted by molar-refractivity contribution is 7.91. The number of hydrogen-bond donors (Lipinski definition) is 1. The summed E-state index contributed by atoms with van der Waals surface area (Å²) in [5.41, 5.74) is 0.329. The average Bonchev–Trinajstić information content (AvgIpc) is 3.15. The molecule has 0 saturated carbocycles. The van der Waals surface area contributed by atoms with Crippen molar-refractivity contribution in [3.63, 3.8) is 0 Å². The molecule has 3 rings (SSSR count). The van der Waals surface area contributed by atoms with Crippen molar-refractivity contribution < 1.29 is 17.6 Å². The molecule has 6 nitrogen and oxygen atoms in total. The van der Waals surface area contributed by atoms with E-state index >= 15 is 0 Å². The minimum absolute atomic E-state index is 0.000204. The van der Waals surface area contributed by atoms with Gasteiger partial charge < -0.3 is 9.73 Å². The molecule has 0 unspecified atom stereocenters. The number of amides is 1. The Balaban J connectivity index is 1.60. The molecule has 1 aliphatic heterocycles. The molecule has 118 valence electrons. The van der Waals surface area contributed by atoms with Gasteiger partial charge in [-0.3, -0.25) is 4.79 Å². The Kier molecular flexibility index (Phi) is 4.05. The topological polar surface area (TPSA) is 89.3 Å². The van der Waals surface area contributed by atoms with Crippen LogP contribution < -0.4 is 5.32 Å². The van der Waals surface area contributed by atoms with Gasteiger partial charge in [0.25, 0.3) is 5.91 Å². The summed E-state index contributed by atoms with van der Waals surface area (Å²) < 4.78 is 28.2. The molecule has 22 heavy (non-hydrogen) atoms. The molecular weight excluding hydrogens is 324 g/mol. The number of thiazole rings is 1. The van der Waals surface area contributed by atoms with Crippen LogP contribution in [0, 0.1) is 12.8 Å². The highest BCUT2D eigenvalue weighted by Crippen LogP contribution is 2.25. The van der Waals surface area contributed by atoms with Crippen LogP contribution in [0.4, 0.5) is 0 Å². The Hall–Kier alpha value is -1.67. The molecule has 1 saturated heterocycles. The van der Waals surface area contributed by atoms with E-state index in [0.717, 1.165) is 5.76 Å². The summed E-state index contributed by atoms with van der Waals surface area (Å²) in [6.07, 6.45) is 0.608. The first-order valence-corrected chi connectivity index (χ1v) is 9.64. The number of hydrogen-bond acceptors (Lipinski definition) is 6. The number of furan rings is 1. The van der Waals surface area contributed by atoms with E-state index in [9.17, 15) is 13.2 Å². The molecule has 2 aromatic heterocycles. The van der Waals surface area contributed by atoms with Crippen LogP contribution in [0.2, 0.25) is 0 Å². The Morgan fingerprint density at radius 2 is 2.32 bits per heavy atom. The summed E-state index contributed by atoms with van der Waals surface area (Å²) in [5.74, 6) is 1.52. The van der Waals surface area contributed by atoms with Gasteiger partial charge in [0.15, 0.2) is 20.6 Å². The van der Waals surface area contributed by atoms with Crippen molar-refractivity contribution in [3.05, 3.63) is 29.0 Å². The van der Waals surface area contributed by atoms with Gasteiger partial charge in [-0.2, -0.15) is 0 Å². The van der Waals surface area contributed by atoms with E-state index in [0.29, 0.717) is 29.4 Å². The maximum absolute atomic E-state index is 12.1. The van der Waals surface area contributed by atoms with Crippen LogP contribution in [0.3, 0.4) is 0 Å². The van der Waals surface area contributed by atoms with Crippen molar-refractivity contribution in [1.29, 1.82) is 0 Å². The molecule has 1 N–H and O–H groups in total. The fraction of sp³-hybridized carbons (Fsp3) is 0.429. The van der Waals surface area contributed by atoms with Crippen LogP contribution in [0.25, 0.3) is 10.8 Å². The average molecular weight is 340 g/mol. The molecule has 3 heterocycles. The van der Waals surface area contributed by atoms with Crippen LogP contribution >= 0.6 is 11.3 Å². The van der Waals surface area contributed by atoms with Crippen molar-refractivity contribution in [3.8, 4) is 10.8 Å². The Morgan fingerprint density at radius 3 is 2.95 bits per heavy atom. The molecule has 1 atom stereocenters. The van der Waals surface area contributed by atoms with E-state index in [1.807, 2.05) is 19.1 Å². The first-order chi connectivity index (χ1) is 10.4. The lowest BCUT2D eigenvalue weighted by atomic mass is 10.1. The summed E-state index contributed by atoms with van der Waals surface area (Å²) in [7, 11) is -2.91. The Labute approximate surface area is 132 Å². The third-order valence-corrected chi connectivity index (χ3v) is 6.26. The molecule has 0 radical (unpaired) electrons. The number of rotatable bonds is 4. The number of nitrogens with one attached hydrogen (secondary N) is 1. The SMILES string of the molecule is Cc1ccc(-c2nc(C(=O)NC[C@@H]3CCS(=O)(=O)C3)cs2)o1. The largest absolute Gasteiger partial charge is 0.459 e. The second-order valence-electron chi connectivity index (χ2n) is 5.43. The van der Waals surface area contributed by atoms with Crippen LogP contribution in [-0.2, 0) is 9.84 Å². The van der Waals surface area contributed by atoms with E-state index in [4.69, 9.17) is 4.42 Å². The highest BCUT2D eigenvalue weighted by atomic mass is 32.2. The van der Waals surface area contributed by atoms with E-state index in [-0.39, 0.29) is 23.3 Å². The lowest BCUT2D eigenvalue weighted by molar-refractivity contribution is 0.0944. The predicted molar refractivity (Wildman–Crippen MR) is 83.6 cm³/mol. The van der Waals surface area contributed by atoms with Gasteiger partial charge >= 0.3 is 0 Å². The van der Waals surface area contributed by atoms with E-state index in [1.165, 1.54) is 11.3 Å². The van der Waals surface area contributed by atoms with Gasteiger partial charge in [-0.1, -0.05) is 0 Å². The van der Waals surface area contributed by atoms with Crippen LogP contribution in [0.5, 0.6) is 0 Å². The van der Waals surface area contributed by atoms with Crippen LogP contribution in [-0.4, -0.2) is 37.4 Å². The number of aryl methyl sites for hydroxylation is 1. The quantitative estimate of drug-likeness (QED) is 0.918. The third-order valence-electron chi connectivity index (χ3n) is 3.57. The van der Waals surface area contributed by atoms with Crippen molar-refractivity contribution in [2.75, 3.05) is 18.1 Å². The van der Waals surface area contributed by atoms with Gasteiger partial charge in [-0.15, -0.1) is 11.3 Å². The molecule has 1 aliphatic rings. The number of sulfone groups is 1. The molecule has 1 amide bonds. The van der Waals surface area contributed by atoms with Gasteiger partial charge in [-0.25, -0.2) is 13.4 Å². The van der Waals surface area contributed by atoms with E-state index in [2.05, 4.69) is 10.3 Å². The van der Waals surface area contributed by atoms with Gasteiger partial charge in [-0.05, 0) is 31.4 Å². The minimum atomic E-state index is -2.91. The lowest BCUT2D eigenvalue weighted by Crippen LogP contribution is -2.30. The van der Waals surface area contributed by atoms with Gasteiger partial charge in [0.1, 0.15) is 11.5 Å². The predicted octanol–water partition coefficient (Wildman–Crippen LogP) is 1.88. The van der Waals surface area contributed by atoms with Crippen molar-refractivity contribution in [2.24, 2.45) is 5.92 Å². The minimum Gasteiger partial charge on any atom is -0.459 e.